The largest absolute Gasteiger partial charge is 0.306 e. The average molecular weight is 306 g/mol. The van der Waals surface area contributed by atoms with Crippen LogP contribution in [-0.4, -0.2) is 28.3 Å². The maximum Gasteiger partial charge on any atom is 0.244 e. The number of halogens is 2. The Kier molecular flexibility index (Phi) is 3.89. The molecule has 1 N–H and O–H groups in total. The summed E-state index contributed by atoms with van der Waals surface area (Å²) in [5.74, 6) is -1.75. The van der Waals surface area contributed by atoms with Crippen molar-refractivity contribution in [1.29, 1.82) is 0 Å². The molecule has 0 unspecified atom stereocenters. The molecule has 116 valence electrons. The number of rotatable bonds is 4. The summed E-state index contributed by atoms with van der Waals surface area (Å²) in [4.78, 5) is 13.5. The highest BCUT2D eigenvalue weighted by atomic mass is 19.1. The zero-order chi connectivity index (χ0) is 15.7. The molecule has 1 aliphatic rings. The van der Waals surface area contributed by atoms with Gasteiger partial charge in [0, 0.05) is 31.9 Å². The Morgan fingerprint density at radius 3 is 2.73 bits per heavy atom. The molecule has 0 spiro atoms. The Hall–Kier alpha value is -2.28. The van der Waals surface area contributed by atoms with E-state index in [1.165, 1.54) is 11.0 Å². The van der Waals surface area contributed by atoms with Gasteiger partial charge in [-0.2, -0.15) is 5.10 Å². The zero-order valence-electron chi connectivity index (χ0n) is 12.1. The molecular weight excluding hydrogens is 290 g/mol. The van der Waals surface area contributed by atoms with E-state index >= 15 is 0 Å². The summed E-state index contributed by atoms with van der Waals surface area (Å²) in [5, 5.41) is 7.16. The molecule has 3 rings (SSSR count). The molecule has 1 atom stereocenters. The number of benzene rings is 1. The van der Waals surface area contributed by atoms with E-state index in [-0.39, 0.29) is 11.6 Å². The molecule has 1 aromatic carbocycles. The molecule has 5 nitrogen and oxygen atoms in total. The van der Waals surface area contributed by atoms with Crippen LogP contribution in [0.3, 0.4) is 0 Å². The van der Waals surface area contributed by atoms with Crippen LogP contribution in [0.5, 0.6) is 0 Å². The summed E-state index contributed by atoms with van der Waals surface area (Å²) in [6, 6.07) is 3.15. The zero-order valence-corrected chi connectivity index (χ0v) is 12.1. The average Bonchev–Trinajstić information content (AvgIpc) is 3.04. The van der Waals surface area contributed by atoms with Crippen LogP contribution in [0.15, 0.2) is 30.6 Å². The van der Waals surface area contributed by atoms with E-state index in [0.29, 0.717) is 19.5 Å². The number of hydrogen-bond donors (Lipinski definition) is 1. The fourth-order valence-corrected chi connectivity index (χ4v) is 2.64. The van der Waals surface area contributed by atoms with E-state index in [0.717, 1.165) is 17.7 Å². The van der Waals surface area contributed by atoms with Crippen molar-refractivity contribution in [3.8, 4) is 0 Å². The molecule has 22 heavy (non-hydrogen) atoms. The number of anilines is 1. The second-order valence-corrected chi connectivity index (χ2v) is 5.30. The molecule has 1 saturated heterocycles. The fourth-order valence-electron chi connectivity index (χ4n) is 2.64. The SMILES string of the molecule is Cn1cc(CN[C@H]2CCN(c3c(F)cccc3F)C2=O)cn1. The number of hydrogen-bond acceptors (Lipinski definition) is 3. The van der Waals surface area contributed by atoms with Gasteiger partial charge in [0.25, 0.3) is 0 Å². The summed E-state index contributed by atoms with van der Waals surface area (Å²) in [5.41, 5.74) is 0.684. The van der Waals surface area contributed by atoms with Crippen LogP contribution in [0.2, 0.25) is 0 Å². The summed E-state index contributed by atoms with van der Waals surface area (Å²) < 4.78 is 29.3. The molecule has 1 aromatic heterocycles. The lowest BCUT2D eigenvalue weighted by Gasteiger charge is -2.18. The highest BCUT2D eigenvalue weighted by Crippen LogP contribution is 2.27. The minimum atomic E-state index is -0.721. The van der Waals surface area contributed by atoms with Gasteiger partial charge in [0.2, 0.25) is 5.91 Å². The van der Waals surface area contributed by atoms with E-state index in [4.69, 9.17) is 0 Å². The number of para-hydroxylation sites is 1. The number of aryl methyl sites for hydroxylation is 1. The van der Waals surface area contributed by atoms with Gasteiger partial charge in [0.1, 0.15) is 17.3 Å². The van der Waals surface area contributed by atoms with Crippen LogP contribution < -0.4 is 10.2 Å². The first-order valence-corrected chi connectivity index (χ1v) is 7.02. The molecule has 0 bridgehead atoms. The Bertz CT molecular complexity index is 680. The number of nitrogens with zero attached hydrogens (tertiary/aromatic N) is 3. The van der Waals surface area contributed by atoms with E-state index in [1.54, 1.807) is 10.9 Å². The van der Waals surface area contributed by atoms with E-state index in [1.807, 2.05) is 13.2 Å². The lowest BCUT2D eigenvalue weighted by molar-refractivity contribution is -0.118. The predicted molar refractivity (Wildman–Crippen MR) is 77.2 cm³/mol. The van der Waals surface area contributed by atoms with Crippen LogP contribution >= 0.6 is 0 Å². The lowest BCUT2D eigenvalue weighted by atomic mass is 10.2. The lowest BCUT2D eigenvalue weighted by Crippen LogP contribution is -2.38. The third kappa shape index (κ3) is 2.71. The number of nitrogens with one attached hydrogen (secondary N) is 1. The van der Waals surface area contributed by atoms with Gasteiger partial charge >= 0.3 is 0 Å². The molecule has 1 amide bonds. The van der Waals surface area contributed by atoms with Gasteiger partial charge in [-0.25, -0.2) is 8.78 Å². The summed E-state index contributed by atoms with van der Waals surface area (Å²) >= 11 is 0. The van der Waals surface area contributed by atoms with Crippen molar-refractivity contribution in [2.24, 2.45) is 7.05 Å². The minimum absolute atomic E-state index is 0.266. The molecule has 0 aliphatic carbocycles. The number of aromatic nitrogens is 2. The van der Waals surface area contributed by atoms with Crippen LogP contribution in [0, 0.1) is 11.6 Å². The predicted octanol–water partition coefficient (Wildman–Crippen LogP) is 1.59. The Morgan fingerprint density at radius 2 is 2.09 bits per heavy atom. The maximum absolute atomic E-state index is 13.8. The highest BCUT2D eigenvalue weighted by molar-refractivity contribution is 5.99. The van der Waals surface area contributed by atoms with Crippen LogP contribution in [0.25, 0.3) is 0 Å². The number of amides is 1. The van der Waals surface area contributed by atoms with Gasteiger partial charge < -0.3 is 10.2 Å². The first-order chi connectivity index (χ1) is 10.6. The Balaban J connectivity index is 1.69. The normalized spacial score (nSPS) is 18.2. The van der Waals surface area contributed by atoms with Crippen molar-refractivity contribution >= 4 is 11.6 Å². The van der Waals surface area contributed by atoms with Gasteiger partial charge in [-0.1, -0.05) is 6.07 Å². The fraction of sp³-hybridized carbons (Fsp3) is 0.333. The van der Waals surface area contributed by atoms with Gasteiger partial charge in [0.05, 0.1) is 12.2 Å². The smallest absolute Gasteiger partial charge is 0.244 e. The van der Waals surface area contributed by atoms with E-state index < -0.39 is 17.7 Å². The quantitative estimate of drug-likeness (QED) is 0.933. The molecule has 2 heterocycles. The summed E-state index contributed by atoms with van der Waals surface area (Å²) in [7, 11) is 1.81. The molecule has 0 radical (unpaired) electrons. The van der Waals surface area contributed by atoms with Crippen LogP contribution in [0.1, 0.15) is 12.0 Å². The molecular formula is C15H16F2N4O. The highest BCUT2D eigenvalue weighted by Gasteiger charge is 2.34. The van der Waals surface area contributed by atoms with Crippen molar-refractivity contribution < 1.29 is 13.6 Å². The molecule has 7 heteroatoms. The minimum Gasteiger partial charge on any atom is -0.306 e. The topological polar surface area (TPSA) is 50.2 Å². The standard InChI is InChI=1S/C15H16F2N4O/c1-20-9-10(8-19-20)7-18-13-5-6-21(15(13)22)14-11(16)3-2-4-12(14)17/h2-4,8-9,13,18H,5-7H2,1H3/t13-/m0/s1. The first kappa shape index (κ1) is 14.6. The van der Waals surface area contributed by atoms with Crippen molar-refractivity contribution in [2.75, 3.05) is 11.4 Å². The monoisotopic (exact) mass is 306 g/mol. The van der Waals surface area contributed by atoms with Crippen molar-refractivity contribution in [1.82, 2.24) is 15.1 Å². The van der Waals surface area contributed by atoms with Gasteiger partial charge in [-0.05, 0) is 18.6 Å². The molecule has 2 aromatic rings. The Morgan fingerprint density at radius 1 is 1.36 bits per heavy atom. The van der Waals surface area contributed by atoms with Gasteiger partial charge in [0.15, 0.2) is 0 Å². The van der Waals surface area contributed by atoms with Crippen LogP contribution in [0.4, 0.5) is 14.5 Å². The van der Waals surface area contributed by atoms with Crippen molar-refractivity contribution in [2.45, 2.75) is 19.0 Å². The second-order valence-electron chi connectivity index (χ2n) is 5.30. The van der Waals surface area contributed by atoms with E-state index in [9.17, 15) is 13.6 Å². The third-order valence-electron chi connectivity index (χ3n) is 3.72. The molecule has 1 aliphatic heterocycles. The summed E-state index contributed by atoms with van der Waals surface area (Å²) in [6.45, 7) is 0.777. The number of carbonyl (C=O) groups excluding carboxylic acids is 1. The number of carbonyl (C=O) groups is 1. The molecule has 0 saturated carbocycles. The second kappa shape index (κ2) is 5.84. The van der Waals surface area contributed by atoms with Crippen molar-refractivity contribution in [3.05, 3.63) is 47.8 Å². The first-order valence-electron chi connectivity index (χ1n) is 7.02. The van der Waals surface area contributed by atoms with Crippen molar-refractivity contribution in [3.63, 3.8) is 0 Å². The summed E-state index contributed by atoms with van der Waals surface area (Å²) in [6.07, 6.45) is 4.06. The van der Waals surface area contributed by atoms with Crippen LogP contribution in [-0.2, 0) is 18.4 Å². The van der Waals surface area contributed by atoms with Gasteiger partial charge in [-0.15, -0.1) is 0 Å². The van der Waals surface area contributed by atoms with Gasteiger partial charge in [-0.3, -0.25) is 9.48 Å². The maximum atomic E-state index is 13.8. The Labute approximate surface area is 126 Å². The molecule has 1 fully saturated rings. The third-order valence-corrected chi connectivity index (χ3v) is 3.72. The van der Waals surface area contributed by atoms with E-state index in [2.05, 4.69) is 10.4 Å².